The van der Waals surface area contributed by atoms with Gasteiger partial charge in [0.05, 0.1) is 0 Å². The highest BCUT2D eigenvalue weighted by molar-refractivity contribution is 6.20. The average Bonchev–Trinajstić information content (AvgIpc) is 2.24. The van der Waals surface area contributed by atoms with Crippen LogP contribution in [0.3, 0.4) is 0 Å². The summed E-state index contributed by atoms with van der Waals surface area (Å²) in [6.45, 7) is 13.8. The zero-order valence-electron chi connectivity index (χ0n) is 10.4. The topological polar surface area (TPSA) is 6.48 Å². The fourth-order valence-corrected chi connectivity index (χ4v) is 2.41. The fourth-order valence-electron chi connectivity index (χ4n) is 2.23. The van der Waals surface area contributed by atoms with Gasteiger partial charge in [0.15, 0.2) is 0 Å². The molecule has 0 aliphatic carbocycles. The lowest BCUT2D eigenvalue weighted by atomic mass is 10.00. The Hall–Kier alpha value is 0.210. The summed E-state index contributed by atoms with van der Waals surface area (Å²) < 4.78 is 0. The van der Waals surface area contributed by atoms with Gasteiger partial charge in [-0.15, -0.1) is 11.6 Å². The van der Waals surface area contributed by atoms with E-state index in [0.717, 1.165) is 19.5 Å². The molecule has 1 fully saturated rings. The van der Waals surface area contributed by atoms with Crippen LogP contribution in [0.2, 0.25) is 0 Å². The Balaban J connectivity index is 2.22. The van der Waals surface area contributed by atoms with Gasteiger partial charge in [0, 0.05) is 25.0 Å². The Labute approximate surface area is 99.6 Å². The largest absolute Gasteiger partial charge is 0.303 e. The van der Waals surface area contributed by atoms with Crippen LogP contribution in [0.4, 0.5) is 0 Å². The maximum Gasteiger partial charge on any atom is 0.0386 e. The molecular weight excluding hydrogens is 208 g/mol. The molecule has 0 aromatic rings. The molecule has 0 bridgehead atoms. The van der Waals surface area contributed by atoms with E-state index < -0.39 is 0 Å². The van der Waals surface area contributed by atoms with Crippen LogP contribution in [0.5, 0.6) is 0 Å². The lowest BCUT2D eigenvalue weighted by molar-refractivity contribution is 0.161. The van der Waals surface area contributed by atoms with Gasteiger partial charge >= 0.3 is 0 Å². The second kappa shape index (κ2) is 6.72. The molecule has 0 radical (unpaired) electrons. The summed E-state index contributed by atoms with van der Waals surface area (Å²) in [6, 6.07) is 0. The van der Waals surface area contributed by atoms with Crippen molar-refractivity contribution in [3.05, 3.63) is 0 Å². The summed E-state index contributed by atoms with van der Waals surface area (Å²) in [5, 5.41) is 0.398. The molecule has 1 aliphatic rings. The van der Waals surface area contributed by atoms with Crippen LogP contribution in [-0.4, -0.2) is 54.4 Å². The molecule has 2 nitrogen and oxygen atoms in total. The minimum Gasteiger partial charge on any atom is -0.303 e. The third-order valence-electron chi connectivity index (χ3n) is 3.51. The molecule has 1 saturated heterocycles. The second-order valence-electron chi connectivity index (χ2n) is 4.61. The lowest BCUT2D eigenvalue weighted by Crippen LogP contribution is -2.43. The van der Waals surface area contributed by atoms with Gasteiger partial charge in [-0.2, -0.15) is 0 Å². The highest BCUT2D eigenvalue weighted by atomic mass is 35.5. The van der Waals surface area contributed by atoms with Gasteiger partial charge in [0.1, 0.15) is 0 Å². The smallest absolute Gasteiger partial charge is 0.0386 e. The second-order valence-corrected chi connectivity index (χ2v) is 5.17. The summed E-state index contributed by atoms with van der Waals surface area (Å²) >= 11 is 6.21. The van der Waals surface area contributed by atoms with Crippen LogP contribution in [0.1, 0.15) is 27.2 Å². The Morgan fingerprint density at radius 1 is 1.33 bits per heavy atom. The molecule has 1 heterocycles. The molecule has 15 heavy (non-hydrogen) atoms. The highest BCUT2D eigenvalue weighted by Gasteiger charge is 2.23. The van der Waals surface area contributed by atoms with Crippen molar-refractivity contribution in [1.29, 1.82) is 0 Å². The van der Waals surface area contributed by atoms with Gasteiger partial charge < -0.3 is 9.80 Å². The number of hydrogen-bond donors (Lipinski definition) is 0. The van der Waals surface area contributed by atoms with Crippen LogP contribution in [0, 0.1) is 5.92 Å². The molecule has 0 spiro atoms. The van der Waals surface area contributed by atoms with Gasteiger partial charge in [-0.05, 0) is 32.0 Å². The van der Waals surface area contributed by atoms with Gasteiger partial charge in [0.2, 0.25) is 0 Å². The van der Waals surface area contributed by atoms with Crippen LogP contribution in [0.15, 0.2) is 0 Å². The van der Waals surface area contributed by atoms with Gasteiger partial charge in [-0.3, -0.25) is 0 Å². The van der Waals surface area contributed by atoms with Crippen LogP contribution in [-0.2, 0) is 0 Å². The van der Waals surface area contributed by atoms with Gasteiger partial charge in [0.25, 0.3) is 0 Å². The number of halogens is 1. The molecule has 2 atom stereocenters. The molecule has 3 heteroatoms. The van der Waals surface area contributed by atoms with Crippen molar-refractivity contribution < 1.29 is 0 Å². The van der Waals surface area contributed by atoms with E-state index in [2.05, 4.69) is 30.6 Å². The zero-order valence-corrected chi connectivity index (χ0v) is 11.1. The van der Waals surface area contributed by atoms with Crippen LogP contribution >= 0.6 is 11.6 Å². The minimum atomic E-state index is 0.398. The van der Waals surface area contributed by atoms with Crippen molar-refractivity contribution in [1.82, 2.24) is 9.80 Å². The first kappa shape index (κ1) is 13.3. The average molecular weight is 233 g/mol. The third-order valence-corrected chi connectivity index (χ3v) is 4.16. The zero-order chi connectivity index (χ0) is 11.3. The normalized spacial score (nSPS) is 28.6. The molecule has 0 N–H and O–H groups in total. The van der Waals surface area contributed by atoms with Crippen molar-refractivity contribution in [2.45, 2.75) is 32.6 Å². The maximum absolute atomic E-state index is 6.21. The monoisotopic (exact) mass is 232 g/mol. The minimum absolute atomic E-state index is 0.398. The molecular formula is C12H25ClN2. The first-order chi connectivity index (χ1) is 7.17. The molecule has 0 aromatic heterocycles. The fraction of sp³-hybridized carbons (Fsp3) is 1.00. The molecule has 0 aromatic carbocycles. The van der Waals surface area contributed by atoms with Crippen molar-refractivity contribution in [3.63, 3.8) is 0 Å². The summed E-state index contributed by atoms with van der Waals surface area (Å²) in [6.07, 6.45) is 1.15. The van der Waals surface area contributed by atoms with E-state index in [1.165, 1.54) is 26.2 Å². The SMILES string of the molecule is CCN(CC)CCN1CCC(Cl)C(C)C1. The van der Waals surface area contributed by atoms with E-state index >= 15 is 0 Å². The summed E-state index contributed by atoms with van der Waals surface area (Å²) in [7, 11) is 0. The third kappa shape index (κ3) is 4.29. The predicted octanol–water partition coefficient (Wildman–Crippen LogP) is 2.28. The summed E-state index contributed by atoms with van der Waals surface area (Å²) in [5.74, 6) is 0.650. The molecule has 1 aliphatic heterocycles. The first-order valence-electron chi connectivity index (χ1n) is 6.26. The molecule has 90 valence electrons. The molecule has 0 saturated carbocycles. The standard InChI is InChI=1S/C12H25ClN2/c1-4-14(5-2)8-9-15-7-6-12(13)11(3)10-15/h11-12H,4-10H2,1-3H3. The van der Waals surface area contributed by atoms with Crippen LogP contribution < -0.4 is 0 Å². The number of hydrogen-bond acceptors (Lipinski definition) is 2. The summed E-state index contributed by atoms with van der Waals surface area (Å²) in [4.78, 5) is 5.04. The van der Waals surface area contributed by atoms with E-state index in [9.17, 15) is 0 Å². The number of piperidine rings is 1. The quantitative estimate of drug-likeness (QED) is 0.672. The predicted molar refractivity (Wildman–Crippen MR) is 67.7 cm³/mol. The highest BCUT2D eigenvalue weighted by Crippen LogP contribution is 2.21. The molecule has 0 amide bonds. The van der Waals surface area contributed by atoms with Crippen molar-refractivity contribution in [2.75, 3.05) is 39.3 Å². The van der Waals surface area contributed by atoms with Crippen molar-refractivity contribution in [3.8, 4) is 0 Å². The molecule has 2 unspecified atom stereocenters. The number of alkyl halides is 1. The number of likely N-dealkylation sites (tertiary alicyclic amines) is 1. The Bertz CT molecular complexity index is 171. The summed E-state index contributed by atoms with van der Waals surface area (Å²) in [5.41, 5.74) is 0. The van der Waals surface area contributed by atoms with Crippen molar-refractivity contribution in [2.24, 2.45) is 5.92 Å². The molecule has 1 rings (SSSR count). The number of rotatable bonds is 5. The van der Waals surface area contributed by atoms with E-state index in [1.54, 1.807) is 0 Å². The van der Waals surface area contributed by atoms with E-state index in [-0.39, 0.29) is 0 Å². The van der Waals surface area contributed by atoms with Crippen molar-refractivity contribution >= 4 is 11.6 Å². The van der Waals surface area contributed by atoms with Crippen LogP contribution in [0.25, 0.3) is 0 Å². The number of nitrogens with zero attached hydrogens (tertiary/aromatic N) is 2. The van der Waals surface area contributed by atoms with Gasteiger partial charge in [-0.1, -0.05) is 20.8 Å². The lowest BCUT2D eigenvalue weighted by Gasteiger charge is -2.35. The number of likely N-dealkylation sites (N-methyl/N-ethyl adjacent to an activating group) is 1. The van der Waals surface area contributed by atoms with E-state index in [4.69, 9.17) is 11.6 Å². The Morgan fingerprint density at radius 3 is 2.53 bits per heavy atom. The van der Waals surface area contributed by atoms with Gasteiger partial charge in [-0.25, -0.2) is 0 Å². The maximum atomic E-state index is 6.21. The first-order valence-corrected chi connectivity index (χ1v) is 6.69. The Kier molecular flexibility index (Phi) is 5.95. The Morgan fingerprint density at radius 2 is 2.00 bits per heavy atom. The van der Waals surface area contributed by atoms with E-state index in [0.29, 0.717) is 11.3 Å². The van der Waals surface area contributed by atoms with E-state index in [1.807, 2.05) is 0 Å².